The van der Waals surface area contributed by atoms with E-state index in [1.807, 2.05) is 0 Å². The first-order valence-electron chi connectivity index (χ1n) is 8.35. The third-order valence-electron chi connectivity index (χ3n) is 4.22. The first-order valence-corrected chi connectivity index (χ1v) is 10.2. The average molecular weight is 430 g/mol. The van der Waals surface area contributed by atoms with Crippen LogP contribution in [0.5, 0.6) is 0 Å². The van der Waals surface area contributed by atoms with Crippen molar-refractivity contribution in [3.05, 3.63) is 59.1 Å². The van der Waals surface area contributed by atoms with Crippen molar-refractivity contribution in [2.75, 3.05) is 17.8 Å². The van der Waals surface area contributed by atoms with E-state index in [2.05, 4.69) is 15.4 Å². The molecular weight excluding hydrogens is 409 g/mol. The fourth-order valence-electron chi connectivity index (χ4n) is 2.78. The highest BCUT2D eigenvalue weighted by molar-refractivity contribution is 7.92. The van der Waals surface area contributed by atoms with Crippen LogP contribution >= 0.6 is 24.0 Å². The summed E-state index contributed by atoms with van der Waals surface area (Å²) < 4.78 is 27.4. The molecule has 1 atom stereocenters. The summed E-state index contributed by atoms with van der Waals surface area (Å²) in [7, 11) is -3.78. The van der Waals surface area contributed by atoms with Gasteiger partial charge in [0.25, 0.3) is 15.9 Å². The number of hydrogen-bond donors (Lipinski definition) is 3. The molecule has 0 bridgehead atoms. The van der Waals surface area contributed by atoms with Gasteiger partial charge in [-0.15, -0.1) is 12.4 Å². The summed E-state index contributed by atoms with van der Waals surface area (Å²) in [6.45, 7) is 1.54. The molecule has 0 spiro atoms. The molecule has 0 radical (unpaired) electrons. The van der Waals surface area contributed by atoms with E-state index in [9.17, 15) is 13.2 Å². The lowest BCUT2D eigenvalue weighted by atomic mass is 10.2. The van der Waals surface area contributed by atoms with Gasteiger partial charge in [-0.3, -0.25) is 9.52 Å². The van der Waals surface area contributed by atoms with Crippen molar-refractivity contribution in [1.29, 1.82) is 0 Å². The van der Waals surface area contributed by atoms with Crippen LogP contribution in [0, 0.1) is 0 Å². The van der Waals surface area contributed by atoms with Crippen LogP contribution in [0.2, 0.25) is 5.02 Å². The fraction of sp³-hybridized carbons (Fsp3) is 0.278. The molecule has 1 fully saturated rings. The number of para-hydroxylation sites is 1. The Hall–Kier alpha value is -1.80. The maximum Gasteiger partial charge on any atom is 0.261 e. The van der Waals surface area contributed by atoms with E-state index in [0.29, 0.717) is 28.9 Å². The van der Waals surface area contributed by atoms with E-state index < -0.39 is 10.0 Å². The number of anilines is 1. The lowest BCUT2D eigenvalue weighted by Gasteiger charge is -2.12. The van der Waals surface area contributed by atoms with Crippen LogP contribution < -0.4 is 15.4 Å². The van der Waals surface area contributed by atoms with Crippen molar-refractivity contribution in [2.45, 2.75) is 23.8 Å². The number of halogens is 2. The molecule has 1 unspecified atom stereocenters. The average Bonchev–Trinajstić information content (AvgIpc) is 3.15. The minimum Gasteiger partial charge on any atom is -0.350 e. The molecular formula is C18H21Cl2N3O3S. The summed E-state index contributed by atoms with van der Waals surface area (Å²) in [5, 5.41) is 6.48. The van der Waals surface area contributed by atoms with Crippen LogP contribution in [0.3, 0.4) is 0 Å². The maximum absolute atomic E-state index is 12.5. The van der Waals surface area contributed by atoms with Crippen molar-refractivity contribution < 1.29 is 13.2 Å². The van der Waals surface area contributed by atoms with Crippen molar-refractivity contribution in [1.82, 2.24) is 10.6 Å². The predicted molar refractivity (Wildman–Crippen MR) is 109 cm³/mol. The van der Waals surface area contributed by atoms with Crippen molar-refractivity contribution >= 4 is 45.6 Å². The van der Waals surface area contributed by atoms with Gasteiger partial charge in [0.15, 0.2) is 0 Å². The van der Waals surface area contributed by atoms with Gasteiger partial charge < -0.3 is 10.6 Å². The second-order valence-electron chi connectivity index (χ2n) is 6.11. The Morgan fingerprint density at radius 1 is 1.15 bits per heavy atom. The Balaban J connectivity index is 0.00000261. The Labute approximate surface area is 170 Å². The smallest absolute Gasteiger partial charge is 0.261 e. The minimum absolute atomic E-state index is 0. The molecule has 0 saturated carbocycles. The summed E-state index contributed by atoms with van der Waals surface area (Å²) in [6.07, 6.45) is 2.16. The summed E-state index contributed by atoms with van der Waals surface area (Å²) in [5.41, 5.74) is 0.722. The third kappa shape index (κ3) is 5.59. The molecule has 6 nitrogen and oxygen atoms in total. The van der Waals surface area contributed by atoms with E-state index in [1.165, 1.54) is 24.3 Å². The van der Waals surface area contributed by atoms with Crippen molar-refractivity contribution in [3.63, 3.8) is 0 Å². The third-order valence-corrected chi connectivity index (χ3v) is 5.93. The highest BCUT2D eigenvalue weighted by Gasteiger charge is 2.18. The van der Waals surface area contributed by atoms with Gasteiger partial charge in [-0.1, -0.05) is 23.7 Å². The number of nitrogens with one attached hydrogen (secondary N) is 3. The van der Waals surface area contributed by atoms with Gasteiger partial charge in [0, 0.05) is 18.2 Å². The topological polar surface area (TPSA) is 87.3 Å². The van der Waals surface area contributed by atoms with E-state index >= 15 is 0 Å². The van der Waals surface area contributed by atoms with Crippen LogP contribution in [0.25, 0.3) is 0 Å². The Bertz CT molecular complexity index is 883. The van der Waals surface area contributed by atoms with Crippen molar-refractivity contribution in [2.24, 2.45) is 0 Å². The molecule has 1 saturated heterocycles. The van der Waals surface area contributed by atoms with Gasteiger partial charge in [-0.05, 0) is 55.8 Å². The van der Waals surface area contributed by atoms with Gasteiger partial charge in [0.2, 0.25) is 0 Å². The van der Waals surface area contributed by atoms with Crippen molar-refractivity contribution in [3.8, 4) is 0 Å². The highest BCUT2D eigenvalue weighted by atomic mass is 35.5. The molecule has 0 aromatic heterocycles. The summed E-state index contributed by atoms with van der Waals surface area (Å²) in [4.78, 5) is 12.2. The van der Waals surface area contributed by atoms with Gasteiger partial charge in [-0.2, -0.15) is 0 Å². The second kappa shape index (κ2) is 9.41. The SMILES string of the molecule is Cl.O=C(NCC1CCCN1)c1ccc(S(=O)(=O)Nc2ccccc2Cl)cc1. The Kier molecular flexibility index (Phi) is 7.49. The largest absolute Gasteiger partial charge is 0.350 e. The normalized spacial score (nSPS) is 16.4. The molecule has 2 aromatic carbocycles. The molecule has 3 N–H and O–H groups in total. The Morgan fingerprint density at radius 2 is 1.85 bits per heavy atom. The standard InChI is InChI=1S/C18H20ClN3O3S.ClH/c19-16-5-1-2-6-17(16)22-26(24,25)15-9-7-13(8-10-15)18(23)21-12-14-4-3-11-20-14;/h1-2,5-10,14,20,22H,3-4,11-12H2,(H,21,23);1H. The van der Waals surface area contributed by atoms with Crippen LogP contribution in [0.4, 0.5) is 5.69 Å². The number of carbonyl (C=O) groups is 1. The highest BCUT2D eigenvalue weighted by Crippen LogP contribution is 2.24. The lowest BCUT2D eigenvalue weighted by Crippen LogP contribution is -2.37. The predicted octanol–water partition coefficient (Wildman–Crippen LogP) is 3.04. The molecule has 27 heavy (non-hydrogen) atoms. The molecule has 2 aromatic rings. The lowest BCUT2D eigenvalue weighted by molar-refractivity contribution is 0.0950. The van der Waals surface area contributed by atoms with Crippen LogP contribution in [-0.4, -0.2) is 33.5 Å². The van der Waals surface area contributed by atoms with E-state index in [0.717, 1.165) is 19.4 Å². The van der Waals surface area contributed by atoms with Gasteiger partial charge in [0.1, 0.15) is 0 Å². The summed E-state index contributed by atoms with van der Waals surface area (Å²) in [5.74, 6) is -0.221. The van der Waals surface area contributed by atoms with Gasteiger partial charge >= 0.3 is 0 Å². The van der Waals surface area contributed by atoms with Crippen LogP contribution in [-0.2, 0) is 10.0 Å². The number of sulfonamides is 1. The van der Waals surface area contributed by atoms with Gasteiger partial charge in [-0.25, -0.2) is 8.42 Å². The monoisotopic (exact) mass is 429 g/mol. The maximum atomic E-state index is 12.5. The molecule has 1 amide bonds. The molecule has 146 valence electrons. The molecule has 3 rings (SSSR count). The first kappa shape index (κ1) is 21.5. The zero-order valence-electron chi connectivity index (χ0n) is 14.4. The molecule has 1 heterocycles. The molecule has 1 aliphatic heterocycles. The van der Waals surface area contributed by atoms with E-state index in [1.54, 1.807) is 24.3 Å². The molecule has 0 aliphatic carbocycles. The van der Waals surface area contributed by atoms with Gasteiger partial charge in [0.05, 0.1) is 15.6 Å². The summed E-state index contributed by atoms with van der Waals surface area (Å²) >= 11 is 5.99. The van der Waals surface area contributed by atoms with E-state index in [-0.39, 0.29) is 23.2 Å². The number of amides is 1. The van der Waals surface area contributed by atoms with E-state index in [4.69, 9.17) is 11.6 Å². The summed E-state index contributed by atoms with van der Waals surface area (Å²) in [6, 6.07) is 12.7. The zero-order valence-corrected chi connectivity index (χ0v) is 16.8. The van der Waals surface area contributed by atoms with Crippen LogP contribution in [0.1, 0.15) is 23.2 Å². The van der Waals surface area contributed by atoms with Crippen LogP contribution in [0.15, 0.2) is 53.4 Å². The fourth-order valence-corrected chi connectivity index (χ4v) is 4.10. The first-order chi connectivity index (χ1) is 12.5. The number of carbonyl (C=O) groups excluding carboxylic acids is 1. The minimum atomic E-state index is -3.78. The molecule has 9 heteroatoms. The zero-order chi connectivity index (χ0) is 18.6. The quantitative estimate of drug-likeness (QED) is 0.658. The number of benzene rings is 2. The second-order valence-corrected chi connectivity index (χ2v) is 8.20. The Morgan fingerprint density at radius 3 is 2.48 bits per heavy atom. The number of rotatable bonds is 6. The number of hydrogen-bond acceptors (Lipinski definition) is 4. The molecule has 1 aliphatic rings.